The fourth-order valence-electron chi connectivity index (χ4n) is 3.06. The molecule has 0 amide bonds. The molecule has 4 heteroatoms. The number of benzene rings is 1. The van der Waals surface area contributed by atoms with E-state index in [1.54, 1.807) is 19.3 Å². The number of allylic oxidation sites excluding steroid dienone is 2. The molecule has 1 aromatic rings. The molecule has 0 bridgehead atoms. The maximum Gasteiger partial charge on any atom is 0.255 e. The summed E-state index contributed by atoms with van der Waals surface area (Å²) in [5.41, 5.74) is 3.89. The van der Waals surface area contributed by atoms with Crippen molar-refractivity contribution in [1.82, 2.24) is 0 Å². The van der Waals surface area contributed by atoms with Gasteiger partial charge in [0.05, 0.1) is 7.11 Å². The van der Waals surface area contributed by atoms with Crippen molar-refractivity contribution < 1.29 is 19.0 Å². The molecule has 0 atom stereocenters. The minimum absolute atomic E-state index is 0.0302. The van der Waals surface area contributed by atoms with E-state index < -0.39 is 5.79 Å². The van der Waals surface area contributed by atoms with E-state index in [0.717, 1.165) is 11.1 Å². The smallest absolute Gasteiger partial charge is 0.255 e. The number of rotatable bonds is 3. The van der Waals surface area contributed by atoms with Gasteiger partial charge in [-0.05, 0) is 30.7 Å². The first-order valence-electron chi connectivity index (χ1n) is 7.02. The molecule has 2 aliphatic carbocycles. The van der Waals surface area contributed by atoms with Crippen molar-refractivity contribution in [2.75, 3.05) is 21.3 Å². The molecule has 114 valence electrons. The third kappa shape index (κ3) is 1.88. The molecule has 0 aromatic heterocycles. The molecule has 0 fully saturated rings. The van der Waals surface area contributed by atoms with E-state index in [-0.39, 0.29) is 5.78 Å². The molecule has 0 heterocycles. The van der Waals surface area contributed by atoms with Gasteiger partial charge in [-0.2, -0.15) is 0 Å². The molecule has 0 spiro atoms. The molecular weight excluding hydrogens is 280 g/mol. The molecule has 0 N–H and O–H groups in total. The maximum absolute atomic E-state index is 12.8. The van der Waals surface area contributed by atoms with Crippen LogP contribution in [-0.4, -0.2) is 32.9 Å². The van der Waals surface area contributed by atoms with Gasteiger partial charge in [-0.15, -0.1) is 0 Å². The molecule has 1 aromatic carbocycles. The molecule has 0 saturated carbocycles. The van der Waals surface area contributed by atoms with Crippen LogP contribution in [0.1, 0.15) is 21.5 Å². The summed E-state index contributed by atoms with van der Waals surface area (Å²) in [7, 11) is 4.63. The largest absolute Gasteiger partial charge is 0.495 e. The molecular formula is C18H18O4. The van der Waals surface area contributed by atoms with Gasteiger partial charge in [0.25, 0.3) is 5.79 Å². The quantitative estimate of drug-likeness (QED) is 0.805. The van der Waals surface area contributed by atoms with Crippen molar-refractivity contribution in [1.29, 1.82) is 0 Å². The van der Waals surface area contributed by atoms with Crippen LogP contribution in [0.4, 0.5) is 0 Å². The van der Waals surface area contributed by atoms with Gasteiger partial charge < -0.3 is 14.2 Å². The third-order valence-corrected chi connectivity index (χ3v) is 4.16. The van der Waals surface area contributed by atoms with Crippen LogP contribution in [0.3, 0.4) is 0 Å². The molecule has 0 unspecified atom stereocenters. The standard InChI is InChI=1S/C18H18O4/c1-11-5-6-13-12(9-11)10-15-14(17(13)19)7-8-16(20-2)18(15,21-3)22-4/h5-10H,1-4H3. The third-order valence-electron chi connectivity index (χ3n) is 4.16. The van der Waals surface area contributed by atoms with Crippen LogP contribution in [0.5, 0.6) is 0 Å². The van der Waals surface area contributed by atoms with Crippen LogP contribution in [0.15, 0.2) is 47.3 Å². The van der Waals surface area contributed by atoms with Crippen LogP contribution >= 0.6 is 0 Å². The van der Waals surface area contributed by atoms with Gasteiger partial charge in [-0.25, -0.2) is 0 Å². The first-order valence-corrected chi connectivity index (χ1v) is 7.02. The van der Waals surface area contributed by atoms with Crippen LogP contribution in [0.2, 0.25) is 0 Å². The van der Waals surface area contributed by atoms with Gasteiger partial charge >= 0.3 is 0 Å². The summed E-state index contributed by atoms with van der Waals surface area (Å²) in [4.78, 5) is 12.8. The zero-order chi connectivity index (χ0) is 15.9. The number of Topliss-reactive ketones (excluding diaryl/α,β-unsaturated/α-hetero) is 1. The van der Waals surface area contributed by atoms with Crippen LogP contribution in [0.25, 0.3) is 6.08 Å². The predicted octanol–water partition coefficient (Wildman–Crippen LogP) is 3.03. The summed E-state index contributed by atoms with van der Waals surface area (Å²) >= 11 is 0. The van der Waals surface area contributed by atoms with Crippen molar-refractivity contribution in [2.45, 2.75) is 12.7 Å². The second-order valence-corrected chi connectivity index (χ2v) is 5.32. The van der Waals surface area contributed by atoms with Gasteiger partial charge in [0.2, 0.25) is 0 Å². The highest BCUT2D eigenvalue weighted by molar-refractivity contribution is 6.17. The van der Waals surface area contributed by atoms with Crippen LogP contribution < -0.4 is 0 Å². The lowest BCUT2D eigenvalue weighted by Gasteiger charge is -2.38. The SMILES string of the molecule is COC1=CC=C2C(=O)c3ccc(C)cc3C=C2C1(OC)OC. The first kappa shape index (κ1) is 14.8. The summed E-state index contributed by atoms with van der Waals surface area (Å²) in [5.74, 6) is -0.718. The van der Waals surface area contributed by atoms with E-state index in [1.165, 1.54) is 14.2 Å². The van der Waals surface area contributed by atoms with E-state index in [1.807, 2.05) is 31.2 Å². The van der Waals surface area contributed by atoms with Gasteiger partial charge in [-0.1, -0.05) is 23.8 Å². The fraction of sp³-hybridized carbons (Fsp3) is 0.278. The van der Waals surface area contributed by atoms with Crippen LogP contribution in [-0.2, 0) is 14.2 Å². The fourth-order valence-corrected chi connectivity index (χ4v) is 3.06. The second-order valence-electron chi connectivity index (χ2n) is 5.32. The highest BCUT2D eigenvalue weighted by Crippen LogP contribution is 2.43. The number of ether oxygens (including phenoxy) is 3. The van der Waals surface area contributed by atoms with Gasteiger partial charge in [-0.3, -0.25) is 4.79 Å². The van der Waals surface area contributed by atoms with Gasteiger partial charge in [0.1, 0.15) is 0 Å². The Labute approximate surface area is 129 Å². The molecule has 0 aliphatic heterocycles. The molecule has 2 aliphatic rings. The summed E-state index contributed by atoms with van der Waals surface area (Å²) in [6.07, 6.45) is 5.41. The topological polar surface area (TPSA) is 44.8 Å². The predicted molar refractivity (Wildman–Crippen MR) is 83.4 cm³/mol. The van der Waals surface area contributed by atoms with Gasteiger partial charge in [0.15, 0.2) is 11.5 Å². The minimum atomic E-state index is -1.20. The number of methoxy groups -OCH3 is 3. The summed E-state index contributed by atoms with van der Waals surface area (Å²) < 4.78 is 16.6. The zero-order valence-electron chi connectivity index (χ0n) is 13.1. The number of ketones is 1. The van der Waals surface area contributed by atoms with Crippen molar-refractivity contribution in [3.63, 3.8) is 0 Å². The Balaban J connectivity index is 2.28. The van der Waals surface area contributed by atoms with Crippen molar-refractivity contribution in [3.05, 3.63) is 63.9 Å². The summed E-state index contributed by atoms with van der Waals surface area (Å²) in [6, 6.07) is 5.78. The van der Waals surface area contributed by atoms with Crippen LogP contribution in [0, 0.1) is 6.92 Å². The molecule has 0 saturated heterocycles. The molecule has 0 radical (unpaired) electrons. The van der Waals surface area contributed by atoms with Crippen molar-refractivity contribution in [2.24, 2.45) is 0 Å². The van der Waals surface area contributed by atoms with Crippen molar-refractivity contribution >= 4 is 11.9 Å². The Morgan fingerprint density at radius 2 is 1.77 bits per heavy atom. The maximum atomic E-state index is 12.8. The average molecular weight is 298 g/mol. The van der Waals surface area contributed by atoms with E-state index in [0.29, 0.717) is 22.5 Å². The lowest BCUT2D eigenvalue weighted by atomic mass is 9.79. The highest BCUT2D eigenvalue weighted by Gasteiger charge is 2.47. The molecule has 4 nitrogen and oxygen atoms in total. The lowest BCUT2D eigenvalue weighted by molar-refractivity contribution is -0.171. The molecule has 3 rings (SSSR count). The van der Waals surface area contributed by atoms with Gasteiger partial charge in [0, 0.05) is 30.9 Å². The van der Waals surface area contributed by atoms with E-state index in [9.17, 15) is 4.79 Å². The first-order chi connectivity index (χ1) is 10.6. The number of carbonyl (C=O) groups is 1. The minimum Gasteiger partial charge on any atom is -0.495 e. The number of hydrogen-bond donors (Lipinski definition) is 0. The number of aryl methyl sites for hydroxylation is 1. The Morgan fingerprint density at radius 1 is 1.05 bits per heavy atom. The number of carbonyl (C=O) groups excluding carboxylic acids is 1. The number of fused-ring (bicyclic) bond motifs is 2. The second kappa shape index (κ2) is 5.23. The summed E-state index contributed by atoms with van der Waals surface area (Å²) in [6.45, 7) is 2.00. The monoisotopic (exact) mass is 298 g/mol. The highest BCUT2D eigenvalue weighted by atomic mass is 16.7. The Morgan fingerprint density at radius 3 is 2.41 bits per heavy atom. The zero-order valence-corrected chi connectivity index (χ0v) is 13.1. The molecule has 22 heavy (non-hydrogen) atoms. The summed E-state index contributed by atoms with van der Waals surface area (Å²) in [5, 5.41) is 0. The van der Waals surface area contributed by atoms with E-state index >= 15 is 0 Å². The Hall–Kier alpha value is -2.17. The lowest BCUT2D eigenvalue weighted by Crippen LogP contribution is -2.43. The average Bonchev–Trinajstić information content (AvgIpc) is 2.53. The van der Waals surface area contributed by atoms with Crippen molar-refractivity contribution in [3.8, 4) is 0 Å². The normalized spacial score (nSPS) is 18.7. The number of hydrogen-bond acceptors (Lipinski definition) is 4. The Bertz CT molecular complexity index is 733. The van der Waals surface area contributed by atoms with E-state index in [4.69, 9.17) is 14.2 Å². The Kier molecular flexibility index (Phi) is 3.51. The van der Waals surface area contributed by atoms with E-state index in [2.05, 4.69) is 0 Å².